The highest BCUT2D eigenvalue weighted by molar-refractivity contribution is 7.90. The Morgan fingerprint density at radius 1 is 1.19 bits per heavy atom. The lowest BCUT2D eigenvalue weighted by atomic mass is 10.1. The molecule has 0 spiro atoms. The van der Waals surface area contributed by atoms with Crippen molar-refractivity contribution >= 4 is 45.0 Å². The largest absolute Gasteiger partial charge is 0.343 e. The van der Waals surface area contributed by atoms with Gasteiger partial charge in [0.05, 0.1) is 17.3 Å². The van der Waals surface area contributed by atoms with E-state index < -0.39 is 16.1 Å². The van der Waals surface area contributed by atoms with Crippen molar-refractivity contribution in [3.8, 4) is 0 Å². The Kier molecular flexibility index (Phi) is 5.72. The number of amides is 2. The Bertz CT molecular complexity index is 1180. The fourth-order valence-corrected chi connectivity index (χ4v) is 5.27. The average molecular weight is 461 g/mol. The second kappa shape index (κ2) is 8.32. The number of nitrogens with one attached hydrogen (secondary N) is 1. The van der Waals surface area contributed by atoms with Crippen molar-refractivity contribution < 1.29 is 18.0 Å². The summed E-state index contributed by atoms with van der Waals surface area (Å²) in [5.74, 6) is -0.351. The Morgan fingerprint density at radius 2 is 1.90 bits per heavy atom. The van der Waals surface area contributed by atoms with Gasteiger partial charge in [0.15, 0.2) is 5.84 Å². The second-order valence-corrected chi connectivity index (χ2v) is 9.44. The first-order valence-electron chi connectivity index (χ1n) is 9.78. The number of carbonyl (C=O) groups excluding carboxylic acids is 2. The first kappa shape index (κ1) is 21.3. The third kappa shape index (κ3) is 4.15. The van der Waals surface area contributed by atoms with Crippen LogP contribution in [0.15, 0.2) is 57.8 Å². The van der Waals surface area contributed by atoms with Gasteiger partial charge in [0.1, 0.15) is 10.9 Å². The number of nitrogens with zero attached hydrogens (tertiary/aromatic N) is 3. The second-order valence-electron chi connectivity index (χ2n) is 7.46. The molecule has 0 radical (unpaired) electrons. The maximum Gasteiger partial charge on any atom is 0.285 e. The summed E-state index contributed by atoms with van der Waals surface area (Å²) in [6, 6.07) is 12.9. The fourth-order valence-electron chi connectivity index (χ4n) is 3.87. The number of fused-ring (bicyclic) bond motifs is 1. The van der Waals surface area contributed by atoms with Gasteiger partial charge in [-0.05, 0) is 37.1 Å². The molecule has 8 nitrogen and oxygen atoms in total. The van der Waals surface area contributed by atoms with Gasteiger partial charge in [-0.25, -0.2) is 0 Å². The summed E-state index contributed by atoms with van der Waals surface area (Å²) >= 11 is 6.06. The molecule has 2 heterocycles. The molecule has 2 aromatic carbocycles. The van der Waals surface area contributed by atoms with Crippen molar-refractivity contribution in [1.82, 2.24) is 9.80 Å². The van der Waals surface area contributed by atoms with Crippen LogP contribution in [0.2, 0.25) is 5.02 Å². The minimum Gasteiger partial charge on any atom is -0.343 e. The normalized spacial score (nSPS) is 19.0. The molecular formula is C21H21ClN4O4S. The average Bonchev–Trinajstić information content (AvgIpc) is 3.32. The standard InChI is InChI=1S/C21H21ClN4O4S/c1-25(13-19(27)23-16-9-4-3-8-15(16)22)21(28)17-10-6-12-26(17)20-14-7-2-5-11-18(14)31(29,30)24-20/h2-5,7-9,11,17H,6,10,12-13H2,1H3,(H,23,27)/t17-/m0/s1. The van der Waals surface area contributed by atoms with E-state index in [-0.39, 0.29) is 23.3 Å². The van der Waals surface area contributed by atoms with Crippen molar-refractivity contribution in [2.45, 2.75) is 23.8 Å². The third-order valence-corrected chi connectivity index (χ3v) is 6.98. The van der Waals surface area contributed by atoms with Crippen LogP contribution < -0.4 is 5.32 Å². The van der Waals surface area contributed by atoms with Gasteiger partial charge in [-0.1, -0.05) is 35.9 Å². The van der Waals surface area contributed by atoms with Gasteiger partial charge in [0.2, 0.25) is 11.8 Å². The summed E-state index contributed by atoms with van der Waals surface area (Å²) in [5.41, 5.74) is 0.973. The fraction of sp³-hybridized carbons (Fsp3) is 0.286. The zero-order chi connectivity index (χ0) is 22.2. The molecule has 31 heavy (non-hydrogen) atoms. The molecule has 2 amide bonds. The van der Waals surface area contributed by atoms with Crippen LogP contribution in [0.3, 0.4) is 0 Å². The number of amidine groups is 1. The number of hydrogen-bond acceptors (Lipinski definition) is 5. The number of hydrogen-bond donors (Lipinski definition) is 1. The molecule has 1 N–H and O–H groups in total. The summed E-state index contributed by atoms with van der Waals surface area (Å²) in [7, 11) is -2.23. The number of likely N-dealkylation sites (tertiary alicyclic amines) is 1. The minimum absolute atomic E-state index is 0.149. The number of benzene rings is 2. The van der Waals surface area contributed by atoms with Crippen LogP contribution in [0.25, 0.3) is 0 Å². The minimum atomic E-state index is -3.77. The molecule has 1 atom stereocenters. The number of carbonyl (C=O) groups is 2. The Morgan fingerprint density at radius 3 is 2.68 bits per heavy atom. The Hall–Kier alpha value is -2.91. The van der Waals surface area contributed by atoms with Crippen LogP contribution >= 0.6 is 11.6 Å². The lowest BCUT2D eigenvalue weighted by Gasteiger charge is -2.29. The maximum atomic E-state index is 13.1. The van der Waals surface area contributed by atoms with Crippen LogP contribution in [-0.2, 0) is 19.6 Å². The van der Waals surface area contributed by atoms with Crippen LogP contribution in [0.4, 0.5) is 5.69 Å². The molecule has 4 rings (SSSR count). The number of likely N-dealkylation sites (N-methyl/N-ethyl adjacent to an activating group) is 1. The molecule has 0 unspecified atom stereocenters. The van der Waals surface area contributed by atoms with E-state index in [0.717, 1.165) is 6.42 Å². The van der Waals surface area contributed by atoms with E-state index in [2.05, 4.69) is 9.71 Å². The monoisotopic (exact) mass is 460 g/mol. The van der Waals surface area contributed by atoms with Crippen molar-refractivity contribution in [1.29, 1.82) is 0 Å². The summed E-state index contributed by atoms with van der Waals surface area (Å²) < 4.78 is 28.7. The van der Waals surface area contributed by atoms with Crippen molar-refractivity contribution in [3.63, 3.8) is 0 Å². The summed E-state index contributed by atoms with van der Waals surface area (Å²) in [6.45, 7) is 0.356. The maximum absolute atomic E-state index is 13.1. The molecule has 0 aliphatic carbocycles. The predicted molar refractivity (Wildman–Crippen MR) is 118 cm³/mol. The summed E-state index contributed by atoms with van der Waals surface area (Å²) in [5, 5.41) is 3.10. The van der Waals surface area contributed by atoms with E-state index in [4.69, 9.17) is 11.6 Å². The number of para-hydroxylation sites is 1. The molecule has 0 saturated carbocycles. The molecular weight excluding hydrogens is 440 g/mol. The lowest BCUT2D eigenvalue weighted by Crippen LogP contribution is -2.48. The van der Waals surface area contributed by atoms with Gasteiger partial charge >= 0.3 is 0 Å². The SMILES string of the molecule is CN(CC(=O)Nc1ccccc1Cl)C(=O)[C@@H]1CCCN1C1=NS(=O)(=O)c2ccccc21. The quantitative estimate of drug-likeness (QED) is 0.755. The van der Waals surface area contributed by atoms with Crippen LogP contribution in [0.5, 0.6) is 0 Å². The van der Waals surface area contributed by atoms with Crippen molar-refractivity contribution in [3.05, 3.63) is 59.1 Å². The summed E-state index contributed by atoms with van der Waals surface area (Å²) in [4.78, 5) is 28.7. The predicted octanol–water partition coefficient (Wildman–Crippen LogP) is 2.35. The van der Waals surface area contributed by atoms with Gasteiger partial charge < -0.3 is 15.1 Å². The molecule has 10 heteroatoms. The topological polar surface area (TPSA) is 99.2 Å². The first-order chi connectivity index (χ1) is 14.8. The van der Waals surface area contributed by atoms with Crippen molar-refractivity contribution in [2.24, 2.45) is 4.40 Å². The van der Waals surface area contributed by atoms with E-state index in [1.807, 2.05) is 0 Å². The zero-order valence-electron chi connectivity index (χ0n) is 16.8. The molecule has 2 aliphatic heterocycles. The zero-order valence-corrected chi connectivity index (χ0v) is 18.4. The number of sulfonamides is 1. The highest BCUT2D eigenvalue weighted by Gasteiger charge is 2.40. The molecule has 1 fully saturated rings. The molecule has 0 bridgehead atoms. The number of rotatable bonds is 4. The highest BCUT2D eigenvalue weighted by Crippen LogP contribution is 2.31. The van der Waals surface area contributed by atoms with Crippen LogP contribution in [0.1, 0.15) is 18.4 Å². The van der Waals surface area contributed by atoms with Gasteiger partial charge in [-0.3, -0.25) is 9.59 Å². The van der Waals surface area contributed by atoms with Gasteiger partial charge in [0.25, 0.3) is 10.0 Å². The Labute approximate surface area is 185 Å². The third-order valence-electron chi connectivity index (χ3n) is 5.33. The molecule has 2 aromatic rings. The molecule has 162 valence electrons. The van der Waals surface area contributed by atoms with Gasteiger partial charge in [-0.2, -0.15) is 8.42 Å². The van der Waals surface area contributed by atoms with Crippen molar-refractivity contribution in [2.75, 3.05) is 25.5 Å². The smallest absolute Gasteiger partial charge is 0.285 e. The molecule has 0 aromatic heterocycles. The van der Waals surface area contributed by atoms with E-state index >= 15 is 0 Å². The van der Waals surface area contributed by atoms with Crippen LogP contribution in [-0.4, -0.2) is 62.0 Å². The van der Waals surface area contributed by atoms with Gasteiger partial charge in [-0.15, -0.1) is 4.40 Å². The number of halogens is 1. The lowest BCUT2D eigenvalue weighted by molar-refractivity contribution is -0.136. The Balaban J connectivity index is 1.48. The highest BCUT2D eigenvalue weighted by atomic mass is 35.5. The van der Waals surface area contributed by atoms with E-state index in [1.165, 1.54) is 11.0 Å². The molecule has 2 aliphatic rings. The van der Waals surface area contributed by atoms with E-state index in [9.17, 15) is 18.0 Å². The van der Waals surface area contributed by atoms with E-state index in [0.29, 0.717) is 35.1 Å². The number of anilines is 1. The summed E-state index contributed by atoms with van der Waals surface area (Å²) in [6.07, 6.45) is 1.27. The van der Waals surface area contributed by atoms with Crippen LogP contribution in [0, 0.1) is 0 Å². The first-order valence-corrected chi connectivity index (χ1v) is 11.6. The van der Waals surface area contributed by atoms with E-state index in [1.54, 1.807) is 54.4 Å². The van der Waals surface area contributed by atoms with Gasteiger partial charge in [0, 0.05) is 19.2 Å². The molecule has 1 saturated heterocycles.